The number of likely N-dealkylation sites (tertiary alicyclic amines) is 1. The van der Waals surface area contributed by atoms with Crippen molar-refractivity contribution >= 4 is 0 Å². The molecular weight excluding hydrogens is 227 g/mol. The molecule has 2 nitrogen and oxygen atoms in total. The summed E-state index contributed by atoms with van der Waals surface area (Å²) in [5.74, 6) is 0.491. The van der Waals surface area contributed by atoms with Gasteiger partial charge in [0.25, 0.3) is 0 Å². The van der Waals surface area contributed by atoms with E-state index in [-0.39, 0.29) is 17.9 Å². The summed E-state index contributed by atoms with van der Waals surface area (Å²) in [5, 5.41) is 0. The van der Waals surface area contributed by atoms with Gasteiger partial charge in [-0.2, -0.15) is 0 Å². The minimum Gasteiger partial charge on any atom is -0.328 e. The molecule has 0 radical (unpaired) electrons. The molecule has 2 N–H and O–H groups in total. The van der Waals surface area contributed by atoms with Crippen molar-refractivity contribution in [1.82, 2.24) is 4.90 Å². The number of halogens is 1. The average molecular weight is 250 g/mol. The average Bonchev–Trinajstić information content (AvgIpc) is 2.38. The molecule has 100 valence electrons. The van der Waals surface area contributed by atoms with Gasteiger partial charge in [-0.05, 0) is 63.4 Å². The lowest BCUT2D eigenvalue weighted by Crippen LogP contribution is -2.40. The van der Waals surface area contributed by atoms with Crippen LogP contribution in [0.3, 0.4) is 0 Å². The van der Waals surface area contributed by atoms with Crippen LogP contribution >= 0.6 is 0 Å². The molecule has 2 atom stereocenters. The Balaban J connectivity index is 1.97. The van der Waals surface area contributed by atoms with Crippen LogP contribution in [0.4, 0.5) is 4.39 Å². The van der Waals surface area contributed by atoms with Gasteiger partial charge in [-0.3, -0.25) is 4.90 Å². The fourth-order valence-electron chi connectivity index (χ4n) is 2.81. The normalized spacial score (nSPS) is 21.8. The van der Waals surface area contributed by atoms with Crippen molar-refractivity contribution in [1.29, 1.82) is 0 Å². The first-order valence-corrected chi connectivity index (χ1v) is 6.83. The molecule has 1 fully saturated rings. The van der Waals surface area contributed by atoms with Crippen molar-refractivity contribution in [2.24, 2.45) is 11.7 Å². The number of nitrogens with zero attached hydrogens (tertiary/aromatic N) is 1. The van der Waals surface area contributed by atoms with E-state index in [2.05, 4.69) is 18.7 Å². The lowest BCUT2D eigenvalue weighted by Gasteiger charge is -2.37. The zero-order valence-corrected chi connectivity index (χ0v) is 11.3. The van der Waals surface area contributed by atoms with Gasteiger partial charge in [0.15, 0.2) is 0 Å². The van der Waals surface area contributed by atoms with Crippen molar-refractivity contribution in [3.8, 4) is 0 Å². The number of nitrogens with two attached hydrogens (primary N) is 1. The summed E-state index contributed by atoms with van der Waals surface area (Å²) in [6, 6.07) is 7.51. The van der Waals surface area contributed by atoms with E-state index in [1.807, 2.05) is 6.07 Å². The molecule has 0 aromatic heterocycles. The van der Waals surface area contributed by atoms with Gasteiger partial charge in [-0.25, -0.2) is 4.39 Å². The van der Waals surface area contributed by atoms with Crippen LogP contribution in [0.2, 0.25) is 0 Å². The Bertz CT molecular complexity index is 384. The summed E-state index contributed by atoms with van der Waals surface area (Å²) in [6.45, 7) is 6.37. The van der Waals surface area contributed by atoms with Crippen LogP contribution < -0.4 is 5.73 Å². The monoisotopic (exact) mass is 250 g/mol. The lowest BCUT2D eigenvalue weighted by atomic mass is 9.90. The van der Waals surface area contributed by atoms with Crippen molar-refractivity contribution in [2.45, 2.75) is 38.8 Å². The van der Waals surface area contributed by atoms with Gasteiger partial charge >= 0.3 is 0 Å². The molecule has 1 aliphatic rings. The Hall–Kier alpha value is -0.930. The molecule has 1 saturated heterocycles. The van der Waals surface area contributed by atoms with E-state index >= 15 is 0 Å². The summed E-state index contributed by atoms with van der Waals surface area (Å²) in [5.41, 5.74) is 7.02. The standard InChI is InChI=1S/C15H23FN2/c1-11(17)13-6-8-18(9-7-13)12(2)14-4-3-5-15(16)10-14/h3-5,10-13H,6-9,17H2,1-2H3. The molecule has 0 spiro atoms. The Kier molecular flexibility index (Phi) is 4.36. The molecule has 0 amide bonds. The van der Waals surface area contributed by atoms with E-state index in [0.717, 1.165) is 31.5 Å². The largest absolute Gasteiger partial charge is 0.328 e. The van der Waals surface area contributed by atoms with Crippen LogP contribution in [0.1, 0.15) is 38.3 Å². The second-order valence-corrected chi connectivity index (χ2v) is 5.46. The van der Waals surface area contributed by atoms with E-state index in [0.29, 0.717) is 5.92 Å². The van der Waals surface area contributed by atoms with Crippen LogP contribution in [0.5, 0.6) is 0 Å². The number of piperidine rings is 1. The third kappa shape index (κ3) is 3.09. The van der Waals surface area contributed by atoms with Crippen LogP contribution in [-0.4, -0.2) is 24.0 Å². The highest BCUT2D eigenvalue weighted by atomic mass is 19.1. The van der Waals surface area contributed by atoms with E-state index in [4.69, 9.17) is 5.73 Å². The molecule has 2 unspecified atom stereocenters. The topological polar surface area (TPSA) is 29.3 Å². The quantitative estimate of drug-likeness (QED) is 0.893. The predicted molar refractivity (Wildman–Crippen MR) is 72.8 cm³/mol. The summed E-state index contributed by atoms with van der Waals surface area (Å²) in [4.78, 5) is 2.42. The third-order valence-electron chi connectivity index (χ3n) is 4.20. The van der Waals surface area contributed by atoms with Crippen LogP contribution in [0.15, 0.2) is 24.3 Å². The molecule has 0 aliphatic carbocycles. The van der Waals surface area contributed by atoms with Crippen molar-refractivity contribution in [2.75, 3.05) is 13.1 Å². The SMILES string of the molecule is CC(N)C1CCN(C(C)c2cccc(F)c2)CC1. The minimum atomic E-state index is -0.148. The molecule has 2 rings (SSSR count). The van der Waals surface area contributed by atoms with Crippen LogP contribution in [-0.2, 0) is 0 Å². The van der Waals surface area contributed by atoms with E-state index < -0.39 is 0 Å². The Morgan fingerprint density at radius 2 is 1.94 bits per heavy atom. The lowest BCUT2D eigenvalue weighted by molar-refractivity contribution is 0.132. The van der Waals surface area contributed by atoms with Crippen molar-refractivity contribution in [3.05, 3.63) is 35.6 Å². The van der Waals surface area contributed by atoms with Crippen LogP contribution in [0.25, 0.3) is 0 Å². The van der Waals surface area contributed by atoms with Gasteiger partial charge in [0.1, 0.15) is 5.82 Å². The van der Waals surface area contributed by atoms with Gasteiger partial charge in [0, 0.05) is 12.1 Å². The molecule has 1 heterocycles. The molecule has 18 heavy (non-hydrogen) atoms. The first-order valence-electron chi connectivity index (χ1n) is 6.83. The fraction of sp³-hybridized carbons (Fsp3) is 0.600. The molecule has 1 aromatic carbocycles. The summed E-state index contributed by atoms with van der Waals surface area (Å²) >= 11 is 0. The molecule has 3 heteroatoms. The van der Waals surface area contributed by atoms with Crippen LogP contribution in [0, 0.1) is 11.7 Å². The highest BCUT2D eigenvalue weighted by Gasteiger charge is 2.25. The van der Waals surface area contributed by atoms with Gasteiger partial charge in [0.2, 0.25) is 0 Å². The molecule has 1 aromatic rings. The summed E-state index contributed by atoms with van der Waals surface area (Å²) < 4.78 is 13.2. The number of rotatable bonds is 3. The van der Waals surface area contributed by atoms with Gasteiger partial charge in [0.05, 0.1) is 0 Å². The zero-order chi connectivity index (χ0) is 13.1. The molecule has 0 bridgehead atoms. The maximum absolute atomic E-state index is 13.2. The van der Waals surface area contributed by atoms with E-state index in [1.165, 1.54) is 6.07 Å². The Morgan fingerprint density at radius 1 is 1.28 bits per heavy atom. The second kappa shape index (κ2) is 5.81. The first-order chi connectivity index (χ1) is 8.58. The minimum absolute atomic E-state index is 0.148. The van der Waals surface area contributed by atoms with Crippen molar-refractivity contribution < 1.29 is 4.39 Å². The number of benzene rings is 1. The Labute approximate surface area is 109 Å². The molecule has 1 aliphatic heterocycles. The van der Waals surface area contributed by atoms with Crippen molar-refractivity contribution in [3.63, 3.8) is 0 Å². The molecule has 0 saturated carbocycles. The third-order valence-corrected chi connectivity index (χ3v) is 4.20. The van der Waals surface area contributed by atoms with Gasteiger partial charge in [-0.15, -0.1) is 0 Å². The smallest absolute Gasteiger partial charge is 0.123 e. The summed E-state index contributed by atoms with van der Waals surface area (Å²) in [7, 11) is 0. The summed E-state index contributed by atoms with van der Waals surface area (Å²) in [6.07, 6.45) is 2.30. The van der Waals surface area contributed by atoms with Gasteiger partial charge < -0.3 is 5.73 Å². The number of hydrogen-bond donors (Lipinski definition) is 1. The maximum atomic E-state index is 13.2. The van der Waals surface area contributed by atoms with Gasteiger partial charge in [-0.1, -0.05) is 12.1 Å². The highest BCUT2D eigenvalue weighted by molar-refractivity contribution is 5.19. The molecular formula is C15H23FN2. The second-order valence-electron chi connectivity index (χ2n) is 5.46. The fourth-order valence-corrected chi connectivity index (χ4v) is 2.81. The van der Waals surface area contributed by atoms with E-state index in [9.17, 15) is 4.39 Å². The Morgan fingerprint density at radius 3 is 2.50 bits per heavy atom. The zero-order valence-electron chi connectivity index (χ0n) is 11.3. The maximum Gasteiger partial charge on any atom is 0.123 e. The number of hydrogen-bond acceptors (Lipinski definition) is 2. The highest BCUT2D eigenvalue weighted by Crippen LogP contribution is 2.27. The predicted octanol–water partition coefficient (Wildman–Crippen LogP) is 2.95. The first kappa shape index (κ1) is 13.5. The van der Waals surface area contributed by atoms with E-state index in [1.54, 1.807) is 12.1 Å².